The summed E-state index contributed by atoms with van der Waals surface area (Å²) in [7, 11) is 2.13. The van der Waals surface area contributed by atoms with Gasteiger partial charge in [-0.05, 0) is 38.1 Å². The Labute approximate surface area is 121 Å². The summed E-state index contributed by atoms with van der Waals surface area (Å²) >= 11 is 0. The first-order valence-electron chi connectivity index (χ1n) is 7.30. The van der Waals surface area contributed by atoms with Crippen LogP contribution in [0.2, 0.25) is 0 Å². The molecule has 0 saturated heterocycles. The van der Waals surface area contributed by atoms with Crippen molar-refractivity contribution in [3.8, 4) is 0 Å². The Morgan fingerprint density at radius 2 is 2.10 bits per heavy atom. The molecule has 20 heavy (non-hydrogen) atoms. The highest BCUT2D eigenvalue weighted by atomic mass is 15.1. The molecule has 0 saturated carbocycles. The molecule has 2 heterocycles. The topological polar surface area (TPSA) is 44.8 Å². The van der Waals surface area contributed by atoms with Crippen LogP contribution in [0.15, 0.2) is 24.5 Å². The number of aromatic amines is 1. The number of nitrogens with zero attached hydrogens (tertiary/aromatic N) is 3. The van der Waals surface area contributed by atoms with E-state index in [1.165, 1.54) is 24.1 Å². The van der Waals surface area contributed by atoms with Gasteiger partial charge in [0, 0.05) is 43.3 Å². The van der Waals surface area contributed by atoms with E-state index in [4.69, 9.17) is 0 Å². The van der Waals surface area contributed by atoms with Crippen molar-refractivity contribution in [3.05, 3.63) is 47.3 Å². The van der Waals surface area contributed by atoms with Crippen LogP contribution >= 0.6 is 0 Å². The molecule has 0 radical (unpaired) electrons. The maximum absolute atomic E-state index is 4.44. The molecular weight excluding hydrogens is 248 g/mol. The maximum atomic E-state index is 4.44. The van der Waals surface area contributed by atoms with Gasteiger partial charge in [-0.2, -0.15) is 0 Å². The number of unbranched alkanes of at least 4 members (excludes halogenated alkanes) is 1. The van der Waals surface area contributed by atoms with Crippen molar-refractivity contribution in [2.75, 3.05) is 7.05 Å². The Morgan fingerprint density at radius 3 is 2.85 bits per heavy atom. The summed E-state index contributed by atoms with van der Waals surface area (Å²) in [5.41, 5.74) is 3.55. The fraction of sp³-hybridized carbons (Fsp3) is 0.500. The summed E-state index contributed by atoms with van der Waals surface area (Å²) < 4.78 is 0. The van der Waals surface area contributed by atoms with E-state index in [-0.39, 0.29) is 0 Å². The van der Waals surface area contributed by atoms with Crippen LogP contribution in [-0.2, 0) is 19.5 Å². The second-order valence-electron chi connectivity index (χ2n) is 5.44. The minimum absolute atomic E-state index is 0.889. The predicted molar refractivity (Wildman–Crippen MR) is 81.3 cm³/mol. The number of imidazole rings is 1. The van der Waals surface area contributed by atoms with E-state index in [1.54, 1.807) is 0 Å². The summed E-state index contributed by atoms with van der Waals surface area (Å²) in [6.45, 7) is 6.04. The lowest BCUT2D eigenvalue weighted by Gasteiger charge is -2.15. The standard InChI is InChI=1S/C16H24N4/c1-4-5-6-16-18-10-15(19-16)12-20(3)11-14-7-8-17-13(2)9-14/h7-10H,4-6,11-12H2,1-3H3,(H,18,19). The molecule has 0 unspecified atom stereocenters. The summed E-state index contributed by atoms with van der Waals surface area (Å²) in [6.07, 6.45) is 7.27. The fourth-order valence-electron chi connectivity index (χ4n) is 2.32. The summed E-state index contributed by atoms with van der Waals surface area (Å²) in [4.78, 5) is 14.4. The van der Waals surface area contributed by atoms with E-state index >= 15 is 0 Å². The zero-order valence-electron chi connectivity index (χ0n) is 12.7. The van der Waals surface area contributed by atoms with Crippen LogP contribution in [0.1, 0.15) is 42.5 Å². The SMILES string of the molecule is CCCCc1ncc(CN(C)Cc2ccnc(C)c2)[nH]1. The first kappa shape index (κ1) is 14.7. The Bertz CT molecular complexity index is 533. The van der Waals surface area contributed by atoms with Crippen LogP contribution < -0.4 is 0 Å². The van der Waals surface area contributed by atoms with Crippen LogP contribution in [0.3, 0.4) is 0 Å². The zero-order chi connectivity index (χ0) is 14.4. The van der Waals surface area contributed by atoms with Gasteiger partial charge in [0.1, 0.15) is 5.82 Å². The molecule has 2 aromatic heterocycles. The largest absolute Gasteiger partial charge is 0.345 e. The van der Waals surface area contributed by atoms with E-state index in [9.17, 15) is 0 Å². The summed E-state index contributed by atoms with van der Waals surface area (Å²) in [6, 6.07) is 4.21. The highest BCUT2D eigenvalue weighted by Gasteiger charge is 2.05. The lowest BCUT2D eigenvalue weighted by Crippen LogP contribution is -2.17. The molecule has 108 valence electrons. The number of hydrogen-bond acceptors (Lipinski definition) is 3. The lowest BCUT2D eigenvalue weighted by molar-refractivity contribution is 0.315. The molecule has 4 nitrogen and oxygen atoms in total. The van der Waals surface area contributed by atoms with Crippen molar-refractivity contribution in [1.29, 1.82) is 0 Å². The summed E-state index contributed by atoms with van der Waals surface area (Å²) in [5, 5.41) is 0. The van der Waals surface area contributed by atoms with Gasteiger partial charge in [0.25, 0.3) is 0 Å². The third-order valence-electron chi connectivity index (χ3n) is 3.30. The molecule has 0 bridgehead atoms. The number of rotatable bonds is 7. The molecule has 0 aromatic carbocycles. The molecular formula is C16H24N4. The number of aromatic nitrogens is 3. The molecule has 0 aliphatic carbocycles. The molecule has 0 amide bonds. The van der Waals surface area contributed by atoms with Crippen molar-refractivity contribution in [1.82, 2.24) is 19.9 Å². The molecule has 0 atom stereocenters. The summed E-state index contributed by atoms with van der Waals surface area (Å²) in [5.74, 6) is 1.11. The van der Waals surface area contributed by atoms with Crippen LogP contribution in [-0.4, -0.2) is 26.9 Å². The van der Waals surface area contributed by atoms with Gasteiger partial charge in [0.05, 0.1) is 0 Å². The van der Waals surface area contributed by atoms with Gasteiger partial charge in [-0.1, -0.05) is 13.3 Å². The van der Waals surface area contributed by atoms with Crippen molar-refractivity contribution < 1.29 is 0 Å². The molecule has 2 rings (SSSR count). The molecule has 0 fully saturated rings. The number of hydrogen-bond donors (Lipinski definition) is 1. The molecule has 2 aromatic rings. The Balaban J connectivity index is 1.87. The second kappa shape index (κ2) is 7.20. The normalized spacial score (nSPS) is 11.2. The molecule has 0 spiro atoms. The third-order valence-corrected chi connectivity index (χ3v) is 3.30. The molecule has 0 aliphatic rings. The quantitative estimate of drug-likeness (QED) is 0.842. The van der Waals surface area contributed by atoms with Crippen LogP contribution in [0, 0.1) is 6.92 Å². The molecule has 4 heteroatoms. The van der Waals surface area contributed by atoms with E-state index < -0.39 is 0 Å². The maximum Gasteiger partial charge on any atom is 0.106 e. The number of nitrogens with one attached hydrogen (secondary N) is 1. The number of aryl methyl sites for hydroxylation is 2. The Kier molecular flexibility index (Phi) is 5.30. The third kappa shape index (κ3) is 4.46. The van der Waals surface area contributed by atoms with Gasteiger partial charge in [-0.15, -0.1) is 0 Å². The van der Waals surface area contributed by atoms with E-state index in [0.717, 1.165) is 31.0 Å². The lowest BCUT2D eigenvalue weighted by atomic mass is 10.2. The number of H-pyrrole nitrogens is 1. The van der Waals surface area contributed by atoms with Gasteiger partial charge >= 0.3 is 0 Å². The first-order chi connectivity index (χ1) is 9.67. The van der Waals surface area contributed by atoms with Crippen LogP contribution in [0.25, 0.3) is 0 Å². The fourth-order valence-corrected chi connectivity index (χ4v) is 2.32. The van der Waals surface area contributed by atoms with Gasteiger partial charge in [-0.25, -0.2) is 4.98 Å². The Hall–Kier alpha value is -1.68. The van der Waals surface area contributed by atoms with Gasteiger partial charge in [0.15, 0.2) is 0 Å². The molecule has 1 N–H and O–H groups in total. The minimum atomic E-state index is 0.889. The average Bonchev–Trinajstić information content (AvgIpc) is 2.83. The zero-order valence-corrected chi connectivity index (χ0v) is 12.7. The van der Waals surface area contributed by atoms with Crippen LogP contribution in [0.4, 0.5) is 0 Å². The molecule has 0 aliphatic heterocycles. The van der Waals surface area contributed by atoms with Crippen molar-refractivity contribution in [3.63, 3.8) is 0 Å². The highest BCUT2D eigenvalue weighted by molar-refractivity contribution is 5.15. The van der Waals surface area contributed by atoms with Gasteiger partial charge in [0.2, 0.25) is 0 Å². The first-order valence-corrected chi connectivity index (χ1v) is 7.30. The van der Waals surface area contributed by atoms with Gasteiger partial charge < -0.3 is 4.98 Å². The van der Waals surface area contributed by atoms with E-state index in [2.05, 4.69) is 46.0 Å². The van der Waals surface area contributed by atoms with Gasteiger partial charge in [-0.3, -0.25) is 9.88 Å². The van der Waals surface area contributed by atoms with Crippen molar-refractivity contribution in [2.24, 2.45) is 0 Å². The van der Waals surface area contributed by atoms with E-state index in [1.807, 2.05) is 19.3 Å². The monoisotopic (exact) mass is 272 g/mol. The van der Waals surface area contributed by atoms with E-state index in [0.29, 0.717) is 0 Å². The highest BCUT2D eigenvalue weighted by Crippen LogP contribution is 2.08. The van der Waals surface area contributed by atoms with Crippen LogP contribution in [0.5, 0.6) is 0 Å². The minimum Gasteiger partial charge on any atom is -0.345 e. The Morgan fingerprint density at radius 1 is 1.25 bits per heavy atom. The smallest absolute Gasteiger partial charge is 0.106 e. The number of pyridine rings is 1. The van der Waals surface area contributed by atoms with Crippen molar-refractivity contribution >= 4 is 0 Å². The average molecular weight is 272 g/mol. The predicted octanol–water partition coefficient (Wildman–Crippen LogP) is 3.09. The van der Waals surface area contributed by atoms with Crippen molar-refractivity contribution in [2.45, 2.75) is 46.2 Å². The second-order valence-corrected chi connectivity index (χ2v) is 5.44.